The van der Waals surface area contributed by atoms with Crippen LogP contribution in [0.15, 0.2) is 18.2 Å². The molecule has 4 N–H and O–H groups in total. The van der Waals surface area contributed by atoms with Crippen LogP contribution in [0.4, 0.5) is 0 Å². The Hall–Kier alpha value is -1.55. The number of benzene rings is 1. The van der Waals surface area contributed by atoms with Crippen LogP contribution in [-0.4, -0.2) is 22.7 Å². The van der Waals surface area contributed by atoms with Crippen molar-refractivity contribution in [2.24, 2.45) is 5.73 Å². The molecule has 0 saturated heterocycles. The molecule has 0 aliphatic carbocycles. The minimum Gasteiger partial charge on any atom is -0.508 e. The number of rotatable bonds is 3. The highest BCUT2D eigenvalue weighted by molar-refractivity contribution is 5.76. The van der Waals surface area contributed by atoms with E-state index in [1.54, 1.807) is 19.1 Å². The van der Waals surface area contributed by atoms with Crippen molar-refractivity contribution in [2.45, 2.75) is 12.8 Å². The molecule has 0 amide bonds. The largest absolute Gasteiger partial charge is 0.508 e. The number of hydrogen-bond acceptors (Lipinski definition) is 3. The number of aromatic hydroxyl groups is 1. The highest BCUT2D eigenvalue weighted by Gasteiger charge is 2.18. The van der Waals surface area contributed by atoms with Crippen LogP contribution in [0, 0.1) is 6.92 Å². The summed E-state index contributed by atoms with van der Waals surface area (Å²) in [5.41, 5.74) is 6.70. The fraction of sp³-hybridized carbons (Fsp3) is 0.300. The molecule has 0 spiro atoms. The van der Waals surface area contributed by atoms with Crippen LogP contribution in [0.5, 0.6) is 5.75 Å². The molecule has 1 unspecified atom stereocenters. The van der Waals surface area contributed by atoms with Gasteiger partial charge in [0.25, 0.3) is 0 Å². The van der Waals surface area contributed by atoms with Crippen molar-refractivity contribution < 1.29 is 15.0 Å². The zero-order chi connectivity index (χ0) is 10.7. The van der Waals surface area contributed by atoms with Crippen molar-refractivity contribution in [1.82, 2.24) is 0 Å². The normalized spacial score (nSPS) is 12.4. The van der Waals surface area contributed by atoms with Gasteiger partial charge in [-0.2, -0.15) is 0 Å². The first-order valence-electron chi connectivity index (χ1n) is 4.28. The molecule has 4 heteroatoms. The molecule has 4 nitrogen and oxygen atoms in total. The molecule has 1 aromatic carbocycles. The lowest BCUT2D eigenvalue weighted by Crippen LogP contribution is -2.21. The number of aliphatic carboxylic acids is 1. The summed E-state index contributed by atoms with van der Waals surface area (Å²) in [4.78, 5) is 10.8. The zero-order valence-electron chi connectivity index (χ0n) is 7.90. The maximum Gasteiger partial charge on any atom is 0.312 e. The summed E-state index contributed by atoms with van der Waals surface area (Å²) in [6.45, 7) is 1.82. The second kappa shape index (κ2) is 4.11. The number of carboxylic acid groups (broad SMARTS) is 1. The van der Waals surface area contributed by atoms with E-state index in [0.29, 0.717) is 5.56 Å². The van der Waals surface area contributed by atoms with Gasteiger partial charge in [0.1, 0.15) is 5.75 Å². The number of nitrogens with two attached hydrogens (primary N) is 1. The van der Waals surface area contributed by atoms with E-state index >= 15 is 0 Å². The van der Waals surface area contributed by atoms with Gasteiger partial charge in [0.05, 0.1) is 5.92 Å². The van der Waals surface area contributed by atoms with Crippen molar-refractivity contribution in [2.75, 3.05) is 6.54 Å². The summed E-state index contributed by atoms with van der Waals surface area (Å²) in [7, 11) is 0. The number of phenols is 1. The third kappa shape index (κ3) is 2.23. The van der Waals surface area contributed by atoms with Gasteiger partial charge < -0.3 is 15.9 Å². The fourth-order valence-corrected chi connectivity index (χ4v) is 1.37. The maximum atomic E-state index is 10.8. The standard InChI is InChI=1S/C10H13NO3/c1-6-2-7(4-8(12)3-6)9(5-11)10(13)14/h2-4,9,12H,5,11H2,1H3,(H,13,14). The predicted octanol–water partition coefficient (Wildman–Crippen LogP) is 0.828. The molecule has 0 aliphatic heterocycles. The number of phenolic OH excluding ortho intramolecular Hbond substituents is 1. The second-order valence-electron chi connectivity index (χ2n) is 3.23. The van der Waals surface area contributed by atoms with Crippen molar-refractivity contribution in [3.05, 3.63) is 29.3 Å². The fourth-order valence-electron chi connectivity index (χ4n) is 1.37. The van der Waals surface area contributed by atoms with Gasteiger partial charge in [-0.25, -0.2) is 0 Å². The van der Waals surface area contributed by atoms with Crippen molar-refractivity contribution in [3.63, 3.8) is 0 Å². The lowest BCUT2D eigenvalue weighted by molar-refractivity contribution is -0.138. The molecule has 1 aromatic rings. The van der Waals surface area contributed by atoms with Gasteiger partial charge in [-0.1, -0.05) is 6.07 Å². The smallest absolute Gasteiger partial charge is 0.312 e. The van der Waals surface area contributed by atoms with E-state index in [1.807, 2.05) is 0 Å². The van der Waals surface area contributed by atoms with E-state index in [0.717, 1.165) is 5.56 Å². The molecule has 0 heterocycles. The summed E-state index contributed by atoms with van der Waals surface area (Å²) >= 11 is 0. The quantitative estimate of drug-likeness (QED) is 0.667. The topological polar surface area (TPSA) is 83.5 Å². The first kappa shape index (κ1) is 10.5. The molecule has 0 saturated carbocycles. The van der Waals surface area contributed by atoms with Crippen LogP contribution in [0.1, 0.15) is 17.0 Å². The lowest BCUT2D eigenvalue weighted by atomic mass is 9.97. The van der Waals surface area contributed by atoms with Gasteiger partial charge in [-0.15, -0.1) is 0 Å². The van der Waals surface area contributed by atoms with Crippen molar-refractivity contribution >= 4 is 5.97 Å². The molecule has 0 aliphatic rings. The van der Waals surface area contributed by atoms with Gasteiger partial charge in [-0.3, -0.25) is 4.79 Å². The van der Waals surface area contributed by atoms with Crippen molar-refractivity contribution in [1.29, 1.82) is 0 Å². The maximum absolute atomic E-state index is 10.8. The molecule has 0 aromatic heterocycles. The molecular weight excluding hydrogens is 182 g/mol. The molecule has 0 bridgehead atoms. The monoisotopic (exact) mass is 195 g/mol. The Kier molecular flexibility index (Phi) is 3.09. The third-order valence-corrected chi connectivity index (χ3v) is 2.02. The van der Waals surface area contributed by atoms with E-state index in [-0.39, 0.29) is 12.3 Å². The first-order valence-corrected chi connectivity index (χ1v) is 4.28. The Morgan fingerprint density at radius 3 is 2.57 bits per heavy atom. The molecule has 1 rings (SSSR count). The van der Waals surface area contributed by atoms with Crippen LogP contribution in [-0.2, 0) is 4.79 Å². The first-order chi connectivity index (χ1) is 6.54. The van der Waals surface area contributed by atoms with Crippen LogP contribution >= 0.6 is 0 Å². The summed E-state index contributed by atoms with van der Waals surface area (Å²) in [5.74, 6) is -1.65. The Morgan fingerprint density at radius 1 is 1.50 bits per heavy atom. The zero-order valence-corrected chi connectivity index (χ0v) is 7.90. The van der Waals surface area contributed by atoms with E-state index in [2.05, 4.69) is 0 Å². The third-order valence-electron chi connectivity index (χ3n) is 2.02. The Morgan fingerprint density at radius 2 is 2.14 bits per heavy atom. The molecular formula is C10H13NO3. The van der Waals surface area contributed by atoms with Gasteiger partial charge in [0.2, 0.25) is 0 Å². The van der Waals surface area contributed by atoms with Gasteiger partial charge in [-0.05, 0) is 30.2 Å². The van der Waals surface area contributed by atoms with E-state index in [1.165, 1.54) is 6.07 Å². The van der Waals surface area contributed by atoms with Crippen LogP contribution in [0.2, 0.25) is 0 Å². The minimum atomic E-state index is -0.975. The molecule has 0 fully saturated rings. The highest BCUT2D eigenvalue weighted by atomic mass is 16.4. The van der Waals surface area contributed by atoms with Crippen molar-refractivity contribution in [3.8, 4) is 5.75 Å². The minimum absolute atomic E-state index is 0.0260. The number of hydrogen-bond donors (Lipinski definition) is 3. The number of carbonyl (C=O) groups is 1. The average molecular weight is 195 g/mol. The highest BCUT2D eigenvalue weighted by Crippen LogP contribution is 2.21. The van der Waals surface area contributed by atoms with E-state index < -0.39 is 11.9 Å². The van der Waals surface area contributed by atoms with Gasteiger partial charge >= 0.3 is 5.97 Å². The lowest BCUT2D eigenvalue weighted by Gasteiger charge is -2.11. The van der Waals surface area contributed by atoms with Gasteiger partial charge in [0, 0.05) is 6.54 Å². The summed E-state index contributed by atoms with van der Waals surface area (Å²) in [5, 5.41) is 18.1. The summed E-state index contributed by atoms with van der Waals surface area (Å²) < 4.78 is 0. The summed E-state index contributed by atoms with van der Waals surface area (Å²) in [6, 6.07) is 4.71. The number of carboxylic acids is 1. The predicted molar refractivity (Wildman–Crippen MR) is 52.3 cm³/mol. The molecule has 0 radical (unpaired) electrons. The molecule has 76 valence electrons. The van der Waals surface area contributed by atoms with Crippen LogP contribution < -0.4 is 5.73 Å². The van der Waals surface area contributed by atoms with Crippen LogP contribution in [0.25, 0.3) is 0 Å². The number of aryl methyl sites for hydroxylation is 1. The summed E-state index contributed by atoms with van der Waals surface area (Å²) in [6.07, 6.45) is 0. The Bertz CT molecular complexity index is 329. The molecule has 14 heavy (non-hydrogen) atoms. The van der Waals surface area contributed by atoms with E-state index in [9.17, 15) is 9.90 Å². The molecule has 1 atom stereocenters. The Labute approximate surface area is 82.0 Å². The second-order valence-corrected chi connectivity index (χ2v) is 3.23. The van der Waals surface area contributed by atoms with Crippen LogP contribution in [0.3, 0.4) is 0 Å². The average Bonchev–Trinajstić information content (AvgIpc) is 2.02. The Balaban J connectivity index is 3.10. The SMILES string of the molecule is Cc1cc(O)cc(C(CN)C(=O)O)c1. The van der Waals surface area contributed by atoms with E-state index in [4.69, 9.17) is 10.8 Å². The van der Waals surface area contributed by atoms with Gasteiger partial charge in [0.15, 0.2) is 0 Å².